The minimum absolute atomic E-state index is 0.159. The van der Waals surface area contributed by atoms with E-state index < -0.39 is 15.3 Å². The van der Waals surface area contributed by atoms with E-state index in [-0.39, 0.29) is 12.5 Å². The van der Waals surface area contributed by atoms with Crippen molar-refractivity contribution in [3.05, 3.63) is 12.4 Å². The molecule has 0 aromatic carbocycles. The first-order chi connectivity index (χ1) is 7.90. The lowest BCUT2D eigenvalue weighted by Gasteiger charge is -2.09. The van der Waals surface area contributed by atoms with E-state index in [9.17, 15) is 8.42 Å². The summed E-state index contributed by atoms with van der Waals surface area (Å²) in [4.78, 5) is 0. The van der Waals surface area contributed by atoms with Crippen LogP contribution in [0.3, 0.4) is 0 Å². The van der Waals surface area contributed by atoms with Gasteiger partial charge in [0.25, 0.3) is 0 Å². The van der Waals surface area contributed by atoms with Crippen LogP contribution in [-0.4, -0.2) is 23.4 Å². The Hall–Kier alpha value is -1.55. The molecule has 17 heavy (non-hydrogen) atoms. The standard InChI is InChI=1S/C10H16N4O2S/c1-4-10(5-11)17(15,16)13-9-6-12-14(7-9)8(2)3/h6-8,10,13H,4H2,1-3H3. The van der Waals surface area contributed by atoms with Crippen molar-refractivity contribution in [1.29, 1.82) is 5.26 Å². The van der Waals surface area contributed by atoms with Crippen molar-refractivity contribution in [2.75, 3.05) is 4.72 Å². The summed E-state index contributed by atoms with van der Waals surface area (Å²) in [6.07, 6.45) is 3.29. The van der Waals surface area contributed by atoms with Gasteiger partial charge in [0.1, 0.15) is 0 Å². The van der Waals surface area contributed by atoms with Crippen LogP contribution in [0.25, 0.3) is 0 Å². The number of rotatable bonds is 5. The summed E-state index contributed by atoms with van der Waals surface area (Å²) in [7, 11) is -3.65. The number of nitriles is 1. The predicted octanol–water partition coefficient (Wildman–Crippen LogP) is 1.51. The third-order valence-electron chi connectivity index (χ3n) is 2.28. The van der Waals surface area contributed by atoms with Gasteiger partial charge in [-0.2, -0.15) is 10.4 Å². The van der Waals surface area contributed by atoms with Crippen LogP contribution in [-0.2, 0) is 10.0 Å². The Labute approximate surface area is 101 Å². The van der Waals surface area contributed by atoms with Crippen LogP contribution in [0.15, 0.2) is 12.4 Å². The quantitative estimate of drug-likeness (QED) is 0.864. The Bertz CT molecular complexity index is 513. The van der Waals surface area contributed by atoms with Crippen LogP contribution in [0.5, 0.6) is 0 Å². The number of hydrogen-bond acceptors (Lipinski definition) is 4. The minimum atomic E-state index is -3.65. The zero-order valence-electron chi connectivity index (χ0n) is 10.1. The maximum Gasteiger partial charge on any atom is 0.249 e. The molecule has 1 atom stereocenters. The fraction of sp³-hybridized carbons (Fsp3) is 0.600. The van der Waals surface area contributed by atoms with E-state index in [0.717, 1.165) is 0 Å². The highest BCUT2D eigenvalue weighted by Gasteiger charge is 2.23. The zero-order valence-corrected chi connectivity index (χ0v) is 10.9. The Morgan fingerprint density at radius 3 is 2.65 bits per heavy atom. The molecule has 1 aromatic rings. The first-order valence-electron chi connectivity index (χ1n) is 5.36. The topological polar surface area (TPSA) is 87.8 Å². The van der Waals surface area contributed by atoms with Gasteiger partial charge in [0.2, 0.25) is 10.0 Å². The molecule has 0 radical (unpaired) electrons. The molecule has 7 heteroatoms. The lowest BCUT2D eigenvalue weighted by atomic mass is 10.4. The molecule has 0 saturated heterocycles. The van der Waals surface area contributed by atoms with Gasteiger partial charge < -0.3 is 0 Å². The average molecular weight is 256 g/mol. The Balaban J connectivity index is 2.87. The summed E-state index contributed by atoms with van der Waals surface area (Å²) in [5.41, 5.74) is 0.382. The fourth-order valence-electron chi connectivity index (χ4n) is 1.29. The number of nitrogens with zero attached hydrogens (tertiary/aromatic N) is 3. The second kappa shape index (κ2) is 5.19. The van der Waals surface area contributed by atoms with Crippen LogP contribution in [0.2, 0.25) is 0 Å². The van der Waals surface area contributed by atoms with Gasteiger partial charge in [-0.15, -0.1) is 0 Å². The van der Waals surface area contributed by atoms with E-state index in [0.29, 0.717) is 5.69 Å². The Kier molecular flexibility index (Phi) is 4.12. The van der Waals surface area contributed by atoms with Crippen LogP contribution in [0.1, 0.15) is 33.2 Å². The van der Waals surface area contributed by atoms with Crippen molar-refractivity contribution in [1.82, 2.24) is 9.78 Å². The number of anilines is 1. The molecule has 6 nitrogen and oxygen atoms in total. The van der Waals surface area contributed by atoms with Gasteiger partial charge >= 0.3 is 0 Å². The van der Waals surface area contributed by atoms with Gasteiger partial charge in [0.15, 0.2) is 5.25 Å². The SMILES string of the molecule is CCC(C#N)S(=O)(=O)Nc1cnn(C(C)C)c1. The molecule has 0 spiro atoms. The molecule has 1 aromatic heterocycles. The third kappa shape index (κ3) is 3.20. The summed E-state index contributed by atoms with van der Waals surface area (Å²) in [6, 6.07) is 1.92. The molecule has 0 aliphatic carbocycles. The van der Waals surface area contributed by atoms with Crippen LogP contribution < -0.4 is 4.72 Å². The smallest absolute Gasteiger partial charge is 0.249 e. The Morgan fingerprint density at radius 2 is 2.24 bits per heavy atom. The van der Waals surface area contributed by atoms with E-state index >= 15 is 0 Å². The lowest BCUT2D eigenvalue weighted by Crippen LogP contribution is -2.25. The van der Waals surface area contributed by atoms with Crippen LogP contribution >= 0.6 is 0 Å². The highest BCUT2D eigenvalue weighted by Crippen LogP contribution is 2.14. The van der Waals surface area contributed by atoms with Gasteiger partial charge in [-0.3, -0.25) is 9.40 Å². The first-order valence-corrected chi connectivity index (χ1v) is 6.90. The van der Waals surface area contributed by atoms with E-state index in [1.807, 2.05) is 13.8 Å². The molecule has 0 bridgehead atoms. The molecule has 0 fully saturated rings. The van der Waals surface area contributed by atoms with Crippen molar-refractivity contribution < 1.29 is 8.42 Å². The van der Waals surface area contributed by atoms with Gasteiger partial charge in [-0.05, 0) is 20.3 Å². The first kappa shape index (κ1) is 13.5. The summed E-state index contributed by atoms with van der Waals surface area (Å²) < 4.78 is 27.5. The highest BCUT2D eigenvalue weighted by atomic mass is 32.2. The number of hydrogen-bond donors (Lipinski definition) is 1. The highest BCUT2D eigenvalue weighted by molar-refractivity contribution is 7.93. The second-order valence-corrected chi connectivity index (χ2v) is 5.84. The molecule has 1 heterocycles. The molecule has 0 saturated carbocycles. The minimum Gasteiger partial charge on any atom is -0.279 e. The summed E-state index contributed by atoms with van der Waals surface area (Å²) in [6.45, 7) is 5.54. The Morgan fingerprint density at radius 1 is 1.59 bits per heavy atom. The summed E-state index contributed by atoms with van der Waals surface area (Å²) in [5.74, 6) is 0. The second-order valence-electron chi connectivity index (χ2n) is 3.98. The normalized spacial score (nSPS) is 13.4. The molecule has 1 rings (SSSR count). The molecule has 94 valence electrons. The van der Waals surface area contributed by atoms with Crippen LogP contribution in [0.4, 0.5) is 5.69 Å². The number of sulfonamides is 1. The van der Waals surface area contributed by atoms with E-state index in [1.54, 1.807) is 23.9 Å². The van der Waals surface area contributed by atoms with Crippen molar-refractivity contribution in [3.8, 4) is 6.07 Å². The molecular weight excluding hydrogens is 240 g/mol. The van der Waals surface area contributed by atoms with Gasteiger partial charge in [-0.25, -0.2) is 8.42 Å². The van der Waals surface area contributed by atoms with Crippen molar-refractivity contribution in [3.63, 3.8) is 0 Å². The number of aromatic nitrogens is 2. The average Bonchev–Trinajstić information content (AvgIpc) is 2.66. The molecule has 0 amide bonds. The van der Waals surface area contributed by atoms with E-state index in [4.69, 9.17) is 5.26 Å². The summed E-state index contributed by atoms with van der Waals surface area (Å²) >= 11 is 0. The molecule has 1 unspecified atom stereocenters. The van der Waals surface area contributed by atoms with Crippen LogP contribution in [0, 0.1) is 11.3 Å². The van der Waals surface area contributed by atoms with Crippen molar-refractivity contribution in [2.24, 2.45) is 0 Å². The molecule has 0 aliphatic heterocycles. The maximum atomic E-state index is 11.8. The van der Waals surface area contributed by atoms with Crippen molar-refractivity contribution >= 4 is 15.7 Å². The maximum absolute atomic E-state index is 11.8. The summed E-state index contributed by atoms with van der Waals surface area (Å²) in [5, 5.41) is 11.7. The molecule has 1 N–H and O–H groups in total. The number of nitrogens with one attached hydrogen (secondary N) is 1. The van der Waals surface area contributed by atoms with Crippen molar-refractivity contribution in [2.45, 2.75) is 38.5 Å². The van der Waals surface area contributed by atoms with E-state index in [2.05, 4.69) is 9.82 Å². The monoisotopic (exact) mass is 256 g/mol. The van der Waals surface area contributed by atoms with Gasteiger partial charge in [-0.1, -0.05) is 6.92 Å². The molecular formula is C10H16N4O2S. The predicted molar refractivity (Wildman–Crippen MR) is 64.8 cm³/mol. The fourth-order valence-corrected chi connectivity index (χ4v) is 2.44. The molecule has 0 aliphatic rings. The van der Waals surface area contributed by atoms with Gasteiger partial charge in [0.05, 0.1) is 18.0 Å². The lowest BCUT2D eigenvalue weighted by molar-refractivity contribution is 0.532. The third-order valence-corrected chi connectivity index (χ3v) is 3.99. The largest absolute Gasteiger partial charge is 0.279 e. The zero-order chi connectivity index (χ0) is 13.1. The van der Waals surface area contributed by atoms with Gasteiger partial charge in [0, 0.05) is 12.2 Å². The van der Waals surface area contributed by atoms with E-state index in [1.165, 1.54) is 6.20 Å².